The molecule has 0 radical (unpaired) electrons. The second-order valence-corrected chi connectivity index (χ2v) is 6.51. The number of amides is 1. The molecule has 1 N–H and O–H groups in total. The van der Waals surface area contributed by atoms with Gasteiger partial charge in [-0.3, -0.25) is 4.79 Å². The number of aryl methyl sites for hydroxylation is 2. The highest BCUT2D eigenvalue weighted by atomic mass is 16.5. The number of benzene rings is 2. The molecule has 0 saturated heterocycles. The van der Waals surface area contributed by atoms with Crippen molar-refractivity contribution >= 4 is 16.9 Å². The van der Waals surface area contributed by atoms with Crippen LogP contribution in [0.2, 0.25) is 0 Å². The van der Waals surface area contributed by atoms with Gasteiger partial charge in [-0.25, -0.2) is 9.97 Å². The van der Waals surface area contributed by atoms with Crippen molar-refractivity contribution in [2.45, 2.75) is 20.4 Å². The number of fused-ring (bicyclic) bond motifs is 1. The molecule has 2 heterocycles. The highest BCUT2D eigenvalue weighted by Gasteiger charge is 2.12. The smallest absolute Gasteiger partial charge is 0.251 e. The van der Waals surface area contributed by atoms with Gasteiger partial charge in [-0.2, -0.15) is 0 Å². The normalized spacial score (nSPS) is 10.9. The van der Waals surface area contributed by atoms with E-state index in [2.05, 4.69) is 25.5 Å². The number of hydrogen-bond acceptors (Lipinski definition) is 7. The summed E-state index contributed by atoms with van der Waals surface area (Å²) < 4.78 is 10.8. The zero-order chi connectivity index (χ0) is 20.4. The second kappa shape index (κ2) is 7.67. The van der Waals surface area contributed by atoms with Crippen molar-refractivity contribution in [3.05, 3.63) is 65.3 Å². The Morgan fingerprint density at radius 1 is 1.03 bits per heavy atom. The molecule has 0 spiro atoms. The molecule has 4 aromatic rings. The fourth-order valence-corrected chi connectivity index (χ4v) is 2.83. The lowest BCUT2D eigenvalue weighted by Crippen LogP contribution is -2.23. The Kier molecular flexibility index (Phi) is 4.90. The first kappa shape index (κ1) is 18.5. The van der Waals surface area contributed by atoms with Gasteiger partial charge in [-0.1, -0.05) is 6.07 Å². The van der Waals surface area contributed by atoms with Gasteiger partial charge in [0, 0.05) is 11.1 Å². The molecular weight excluding hydrogens is 370 g/mol. The quantitative estimate of drug-likeness (QED) is 0.559. The average Bonchev–Trinajstić information content (AvgIpc) is 3.21. The van der Waals surface area contributed by atoms with Gasteiger partial charge in [0.25, 0.3) is 5.91 Å². The number of nitrogens with one attached hydrogen (secondary N) is 1. The number of carbonyl (C=O) groups excluding carboxylic acids is 1. The molecular formula is C21H19N5O3. The number of hydrogen-bond donors (Lipinski definition) is 1. The Morgan fingerprint density at radius 2 is 1.83 bits per heavy atom. The summed E-state index contributed by atoms with van der Waals surface area (Å²) in [5.74, 6) is 1.11. The summed E-state index contributed by atoms with van der Waals surface area (Å²) in [5, 5.41) is 10.8. The Labute approximate surface area is 167 Å². The molecule has 0 aliphatic rings. The van der Waals surface area contributed by atoms with Crippen molar-refractivity contribution < 1.29 is 13.9 Å². The molecule has 8 heteroatoms. The van der Waals surface area contributed by atoms with Crippen LogP contribution in [0, 0.1) is 13.8 Å². The van der Waals surface area contributed by atoms with E-state index in [1.54, 1.807) is 31.4 Å². The maximum atomic E-state index is 12.5. The molecule has 0 unspecified atom stereocenters. The number of aromatic nitrogens is 4. The van der Waals surface area contributed by atoms with Crippen LogP contribution >= 0.6 is 0 Å². The standard InChI is InChI=1S/C21H19N5O3/c1-12-13(2)24-18-10-14(7-8-17(18)23-12)20(27)22-11-19-25-26-21(29-19)15-5-4-6-16(9-15)28-3/h4-10H,11H2,1-3H3,(H,22,27). The van der Waals surface area contributed by atoms with Gasteiger partial charge in [0.1, 0.15) is 5.75 Å². The number of methoxy groups -OCH3 is 1. The lowest BCUT2D eigenvalue weighted by Gasteiger charge is -2.06. The third-order valence-corrected chi connectivity index (χ3v) is 4.52. The SMILES string of the molecule is COc1cccc(-c2nnc(CNC(=O)c3ccc4nc(C)c(C)nc4c3)o2)c1. The Morgan fingerprint density at radius 3 is 2.62 bits per heavy atom. The molecule has 2 aromatic carbocycles. The van der Waals surface area contributed by atoms with Gasteiger partial charge in [-0.05, 0) is 50.2 Å². The molecule has 0 aliphatic heterocycles. The largest absolute Gasteiger partial charge is 0.497 e. The van der Waals surface area contributed by atoms with Crippen LogP contribution in [0.1, 0.15) is 27.6 Å². The molecule has 2 aromatic heterocycles. The van der Waals surface area contributed by atoms with Crippen LogP contribution in [0.25, 0.3) is 22.5 Å². The molecule has 29 heavy (non-hydrogen) atoms. The van der Waals surface area contributed by atoms with E-state index in [1.165, 1.54) is 0 Å². The summed E-state index contributed by atoms with van der Waals surface area (Å²) in [5.41, 5.74) is 4.38. The fourth-order valence-electron chi connectivity index (χ4n) is 2.83. The predicted octanol–water partition coefficient (Wildman–Crippen LogP) is 3.24. The Balaban J connectivity index is 1.46. The topological polar surface area (TPSA) is 103 Å². The summed E-state index contributed by atoms with van der Waals surface area (Å²) in [6.07, 6.45) is 0. The zero-order valence-electron chi connectivity index (χ0n) is 16.3. The zero-order valence-corrected chi connectivity index (χ0v) is 16.3. The molecule has 0 fully saturated rings. The van der Waals surface area contributed by atoms with Gasteiger partial charge in [-0.15, -0.1) is 10.2 Å². The number of nitrogens with zero attached hydrogens (tertiary/aromatic N) is 4. The minimum absolute atomic E-state index is 0.118. The summed E-state index contributed by atoms with van der Waals surface area (Å²) in [6.45, 7) is 3.92. The van der Waals surface area contributed by atoms with Crippen molar-refractivity contribution in [3.63, 3.8) is 0 Å². The van der Waals surface area contributed by atoms with Crippen LogP contribution in [0.5, 0.6) is 5.75 Å². The molecule has 4 rings (SSSR count). The van der Waals surface area contributed by atoms with Gasteiger partial charge >= 0.3 is 0 Å². The van der Waals surface area contributed by atoms with Crippen molar-refractivity contribution in [3.8, 4) is 17.2 Å². The monoisotopic (exact) mass is 389 g/mol. The van der Waals surface area contributed by atoms with E-state index in [-0.39, 0.29) is 12.5 Å². The maximum Gasteiger partial charge on any atom is 0.251 e. The number of ether oxygens (including phenoxy) is 1. The summed E-state index contributed by atoms with van der Waals surface area (Å²) in [6, 6.07) is 12.5. The van der Waals surface area contributed by atoms with Crippen molar-refractivity contribution in [1.29, 1.82) is 0 Å². The van der Waals surface area contributed by atoms with Crippen molar-refractivity contribution in [2.24, 2.45) is 0 Å². The molecule has 0 atom stereocenters. The summed E-state index contributed by atoms with van der Waals surface area (Å²) in [7, 11) is 1.59. The lowest BCUT2D eigenvalue weighted by atomic mass is 10.1. The molecule has 1 amide bonds. The van der Waals surface area contributed by atoms with E-state index >= 15 is 0 Å². The average molecular weight is 389 g/mol. The maximum absolute atomic E-state index is 12.5. The predicted molar refractivity (Wildman–Crippen MR) is 106 cm³/mol. The second-order valence-electron chi connectivity index (χ2n) is 6.51. The third-order valence-electron chi connectivity index (χ3n) is 4.52. The van der Waals surface area contributed by atoms with E-state index in [9.17, 15) is 4.79 Å². The van der Waals surface area contributed by atoms with Crippen LogP contribution in [0.15, 0.2) is 46.9 Å². The minimum atomic E-state index is -0.256. The first-order valence-corrected chi connectivity index (χ1v) is 9.03. The molecule has 8 nitrogen and oxygen atoms in total. The summed E-state index contributed by atoms with van der Waals surface area (Å²) >= 11 is 0. The third kappa shape index (κ3) is 3.91. The van der Waals surface area contributed by atoms with Gasteiger partial charge in [0.2, 0.25) is 11.8 Å². The first-order chi connectivity index (χ1) is 14.0. The van der Waals surface area contributed by atoms with Crippen molar-refractivity contribution in [1.82, 2.24) is 25.5 Å². The highest BCUT2D eigenvalue weighted by Crippen LogP contribution is 2.22. The number of rotatable bonds is 5. The van der Waals surface area contributed by atoms with Crippen LogP contribution in [0.4, 0.5) is 0 Å². The van der Waals surface area contributed by atoms with E-state index in [0.29, 0.717) is 28.6 Å². The van der Waals surface area contributed by atoms with Gasteiger partial charge < -0.3 is 14.5 Å². The number of carbonyl (C=O) groups is 1. The van der Waals surface area contributed by atoms with Crippen LogP contribution in [-0.4, -0.2) is 33.2 Å². The van der Waals surface area contributed by atoms with E-state index in [4.69, 9.17) is 9.15 Å². The van der Waals surface area contributed by atoms with Crippen LogP contribution < -0.4 is 10.1 Å². The molecule has 146 valence electrons. The highest BCUT2D eigenvalue weighted by molar-refractivity contribution is 5.97. The van der Waals surface area contributed by atoms with E-state index in [0.717, 1.165) is 22.5 Å². The molecule has 0 aliphatic carbocycles. The molecule has 0 bridgehead atoms. The Bertz CT molecular complexity index is 1200. The first-order valence-electron chi connectivity index (χ1n) is 9.03. The Hall–Kier alpha value is -3.81. The van der Waals surface area contributed by atoms with E-state index < -0.39 is 0 Å². The van der Waals surface area contributed by atoms with Crippen LogP contribution in [0.3, 0.4) is 0 Å². The van der Waals surface area contributed by atoms with Crippen LogP contribution in [-0.2, 0) is 6.54 Å². The van der Waals surface area contributed by atoms with Crippen molar-refractivity contribution in [2.75, 3.05) is 7.11 Å². The minimum Gasteiger partial charge on any atom is -0.497 e. The van der Waals surface area contributed by atoms with Gasteiger partial charge in [0.15, 0.2) is 0 Å². The molecule has 0 saturated carbocycles. The summed E-state index contributed by atoms with van der Waals surface area (Å²) in [4.78, 5) is 21.5. The van der Waals surface area contributed by atoms with Gasteiger partial charge in [0.05, 0.1) is 36.1 Å². The lowest BCUT2D eigenvalue weighted by molar-refractivity contribution is 0.0947. The van der Waals surface area contributed by atoms with E-state index in [1.807, 2.05) is 32.0 Å². The fraction of sp³-hybridized carbons (Fsp3) is 0.190.